The number of carboxylic acids is 1. The van der Waals surface area contributed by atoms with E-state index in [-0.39, 0.29) is 12.1 Å². The number of rotatable bonds is 36. The number of hydrogen-bond acceptors (Lipinski definition) is 3. The zero-order valence-corrected chi connectivity index (χ0v) is 31.5. The van der Waals surface area contributed by atoms with Gasteiger partial charge in [-0.1, -0.05) is 164 Å². The molecule has 0 amide bonds. The molecule has 1 unspecified atom stereocenters. The molecule has 0 radical (unpaired) electrons. The second kappa shape index (κ2) is 39.1. The lowest BCUT2D eigenvalue weighted by molar-refractivity contribution is -0.150. The van der Waals surface area contributed by atoms with Crippen LogP contribution in [0, 0.1) is 0 Å². The Balaban J connectivity index is 3.82. The first kappa shape index (κ1) is 45.6. The van der Waals surface area contributed by atoms with Crippen molar-refractivity contribution in [1.29, 1.82) is 0 Å². The summed E-state index contributed by atoms with van der Waals surface area (Å²) < 4.78 is 5.96. The van der Waals surface area contributed by atoms with E-state index < -0.39 is 5.97 Å². The van der Waals surface area contributed by atoms with Gasteiger partial charge in [0.25, 0.3) is 0 Å². The number of aliphatic carboxylic acids is 1. The molecular weight excluding hydrogens is 592 g/mol. The molecule has 4 nitrogen and oxygen atoms in total. The van der Waals surface area contributed by atoms with Gasteiger partial charge in [0.2, 0.25) is 0 Å². The first-order chi connectivity index (χ1) is 23.6. The third-order valence-corrected chi connectivity index (χ3v) is 8.75. The quantitative estimate of drug-likeness (QED) is 0.0410. The van der Waals surface area contributed by atoms with E-state index in [1.54, 1.807) is 0 Å². The first-order valence-corrected chi connectivity index (χ1v) is 20.3. The van der Waals surface area contributed by atoms with E-state index in [1.807, 2.05) is 0 Å². The lowest BCUT2D eigenvalue weighted by atomic mass is 10.0. The number of hydrogen-bond donors (Lipinski definition) is 1. The largest absolute Gasteiger partial charge is 0.481 e. The summed E-state index contributed by atoms with van der Waals surface area (Å²) in [7, 11) is 0. The van der Waals surface area contributed by atoms with Crippen LogP contribution in [0.1, 0.15) is 200 Å². The Morgan fingerprint density at radius 1 is 0.479 bits per heavy atom. The van der Waals surface area contributed by atoms with Crippen LogP contribution in [-0.4, -0.2) is 23.1 Å². The lowest BCUT2D eigenvalue weighted by Gasteiger charge is -2.18. The van der Waals surface area contributed by atoms with Crippen LogP contribution in [0.4, 0.5) is 0 Å². The minimum absolute atomic E-state index is 0.00615. The summed E-state index contributed by atoms with van der Waals surface area (Å²) in [5, 5.41) is 8.68. The topological polar surface area (TPSA) is 63.6 Å². The van der Waals surface area contributed by atoms with E-state index in [2.05, 4.69) is 74.6 Å². The fraction of sp³-hybridized carbons (Fsp3) is 0.727. The Bertz CT molecular complexity index is 850. The predicted molar refractivity (Wildman–Crippen MR) is 208 cm³/mol. The van der Waals surface area contributed by atoms with E-state index in [0.717, 1.165) is 89.9 Å². The summed E-state index contributed by atoms with van der Waals surface area (Å²) in [6, 6.07) is 0. The Kier molecular flexibility index (Phi) is 37.2. The number of allylic oxidation sites excluding steroid dienone is 10. The molecule has 1 N–H and O–H groups in total. The molecule has 4 heteroatoms. The Morgan fingerprint density at radius 2 is 0.875 bits per heavy atom. The molecule has 0 aromatic heterocycles. The van der Waals surface area contributed by atoms with Crippen molar-refractivity contribution in [3.8, 4) is 0 Å². The van der Waals surface area contributed by atoms with Crippen molar-refractivity contribution in [3.05, 3.63) is 60.8 Å². The van der Waals surface area contributed by atoms with Gasteiger partial charge < -0.3 is 9.84 Å². The minimum atomic E-state index is -0.671. The van der Waals surface area contributed by atoms with Crippen LogP contribution >= 0.6 is 0 Å². The normalized spacial score (nSPS) is 12.9. The number of carboxylic acid groups (broad SMARTS) is 1. The van der Waals surface area contributed by atoms with Crippen molar-refractivity contribution in [2.75, 3.05) is 0 Å². The van der Waals surface area contributed by atoms with Crippen molar-refractivity contribution in [1.82, 2.24) is 0 Å². The average Bonchev–Trinajstić information content (AvgIpc) is 3.07. The minimum Gasteiger partial charge on any atom is -0.481 e. The smallest absolute Gasteiger partial charge is 0.306 e. The SMILES string of the molecule is CC/C=C\C/C=C\C/C=C\C/C=C\C/C=C\CCCCCC(=O)OC(CCCCC)CCCCCCCCCCCCCCCC(=O)O. The number of unbranched alkanes of at least 4 members (excludes halogenated alkanes) is 17. The van der Waals surface area contributed by atoms with Crippen molar-refractivity contribution >= 4 is 11.9 Å². The standard InChI is InChI=1S/C44H76O4/c1-3-5-7-8-9-10-11-12-13-14-15-16-17-21-24-27-30-33-37-41-44(47)48-42(38-34-6-4-2)39-35-31-28-25-22-19-18-20-23-26-29-32-36-40-43(45)46/h5,7,9-10,12-13,15-16,21,24,42H,3-4,6,8,11,14,17-20,22-23,25-41H2,1-2H3,(H,45,46)/b7-5-,10-9-,13-12-,16-15-,24-21-. The molecular formula is C44H76O4. The molecule has 0 aliphatic heterocycles. The molecule has 0 saturated carbocycles. The van der Waals surface area contributed by atoms with E-state index in [9.17, 15) is 9.59 Å². The highest BCUT2D eigenvalue weighted by molar-refractivity contribution is 5.69. The van der Waals surface area contributed by atoms with Gasteiger partial charge in [-0.05, 0) is 83.5 Å². The van der Waals surface area contributed by atoms with Gasteiger partial charge in [0, 0.05) is 12.8 Å². The van der Waals surface area contributed by atoms with Crippen LogP contribution < -0.4 is 0 Å². The zero-order chi connectivity index (χ0) is 35.0. The van der Waals surface area contributed by atoms with E-state index >= 15 is 0 Å². The van der Waals surface area contributed by atoms with Crippen LogP contribution in [-0.2, 0) is 14.3 Å². The molecule has 0 rings (SSSR count). The molecule has 0 aromatic rings. The summed E-state index contributed by atoms with van der Waals surface area (Å²) in [5.74, 6) is -0.664. The Labute approximate surface area is 297 Å². The molecule has 0 fully saturated rings. The molecule has 0 aliphatic rings. The monoisotopic (exact) mass is 669 g/mol. The number of carbonyl (C=O) groups is 2. The van der Waals surface area contributed by atoms with Gasteiger partial charge in [0.15, 0.2) is 0 Å². The van der Waals surface area contributed by atoms with Gasteiger partial charge in [-0.15, -0.1) is 0 Å². The summed E-state index contributed by atoms with van der Waals surface area (Å²) in [4.78, 5) is 23.1. The maximum Gasteiger partial charge on any atom is 0.306 e. The lowest BCUT2D eigenvalue weighted by Crippen LogP contribution is -2.18. The third-order valence-electron chi connectivity index (χ3n) is 8.75. The number of esters is 1. The van der Waals surface area contributed by atoms with Crippen LogP contribution in [0.2, 0.25) is 0 Å². The van der Waals surface area contributed by atoms with Crippen LogP contribution in [0.25, 0.3) is 0 Å². The maximum atomic E-state index is 12.6. The fourth-order valence-electron chi connectivity index (χ4n) is 5.80. The van der Waals surface area contributed by atoms with E-state index in [1.165, 1.54) is 83.5 Å². The second-order valence-corrected chi connectivity index (χ2v) is 13.4. The number of ether oxygens (including phenoxy) is 1. The molecule has 48 heavy (non-hydrogen) atoms. The van der Waals surface area contributed by atoms with Crippen molar-refractivity contribution < 1.29 is 19.4 Å². The van der Waals surface area contributed by atoms with E-state index in [0.29, 0.717) is 12.8 Å². The van der Waals surface area contributed by atoms with Gasteiger partial charge in [-0.25, -0.2) is 0 Å². The van der Waals surface area contributed by atoms with Gasteiger partial charge in [-0.2, -0.15) is 0 Å². The second-order valence-electron chi connectivity index (χ2n) is 13.4. The first-order valence-electron chi connectivity index (χ1n) is 20.3. The molecule has 0 aliphatic carbocycles. The Morgan fingerprint density at radius 3 is 1.35 bits per heavy atom. The zero-order valence-electron chi connectivity index (χ0n) is 31.5. The van der Waals surface area contributed by atoms with Crippen molar-refractivity contribution in [2.45, 2.75) is 206 Å². The molecule has 276 valence electrons. The summed E-state index contributed by atoms with van der Waals surface area (Å²) >= 11 is 0. The van der Waals surface area contributed by atoms with Gasteiger partial charge in [0.1, 0.15) is 6.10 Å². The summed E-state index contributed by atoms with van der Waals surface area (Å²) in [6.45, 7) is 4.39. The van der Waals surface area contributed by atoms with Gasteiger partial charge >= 0.3 is 11.9 Å². The molecule has 0 aromatic carbocycles. The molecule has 0 spiro atoms. The highest BCUT2D eigenvalue weighted by Gasteiger charge is 2.14. The molecule has 0 bridgehead atoms. The predicted octanol–water partition coefficient (Wildman–Crippen LogP) is 14.1. The van der Waals surface area contributed by atoms with E-state index in [4.69, 9.17) is 9.84 Å². The summed E-state index contributed by atoms with van der Waals surface area (Å²) in [6.07, 6.45) is 54.2. The number of carbonyl (C=O) groups excluding carboxylic acids is 1. The van der Waals surface area contributed by atoms with Gasteiger partial charge in [-0.3, -0.25) is 9.59 Å². The van der Waals surface area contributed by atoms with Crippen LogP contribution in [0.3, 0.4) is 0 Å². The molecule has 0 heterocycles. The van der Waals surface area contributed by atoms with Crippen molar-refractivity contribution in [2.24, 2.45) is 0 Å². The summed E-state index contributed by atoms with van der Waals surface area (Å²) in [5.41, 5.74) is 0. The van der Waals surface area contributed by atoms with Crippen LogP contribution in [0.5, 0.6) is 0 Å². The molecule has 1 atom stereocenters. The highest BCUT2D eigenvalue weighted by atomic mass is 16.5. The van der Waals surface area contributed by atoms with Gasteiger partial charge in [0.05, 0.1) is 0 Å². The maximum absolute atomic E-state index is 12.6. The highest BCUT2D eigenvalue weighted by Crippen LogP contribution is 2.18. The fourth-order valence-corrected chi connectivity index (χ4v) is 5.80. The Hall–Kier alpha value is -2.36. The molecule has 0 saturated heterocycles. The third kappa shape index (κ3) is 38.1. The average molecular weight is 669 g/mol. The van der Waals surface area contributed by atoms with Crippen molar-refractivity contribution in [3.63, 3.8) is 0 Å². The van der Waals surface area contributed by atoms with Crippen LogP contribution in [0.15, 0.2) is 60.8 Å².